The molecule has 0 aliphatic carbocycles. The van der Waals surface area contributed by atoms with Crippen molar-refractivity contribution < 1.29 is 8.42 Å². The fourth-order valence-corrected chi connectivity index (χ4v) is 4.41. The number of rotatable bonds is 3. The molecule has 3 rings (SSSR count). The van der Waals surface area contributed by atoms with Crippen molar-refractivity contribution in [1.82, 2.24) is 14.3 Å². The number of halogens is 1. The number of hydrogen-bond acceptors (Lipinski definition) is 4. The zero-order chi connectivity index (χ0) is 16.6. The van der Waals surface area contributed by atoms with E-state index in [2.05, 4.69) is 9.97 Å². The van der Waals surface area contributed by atoms with Crippen molar-refractivity contribution in [3.05, 3.63) is 35.1 Å². The van der Waals surface area contributed by atoms with Crippen LogP contribution in [0.25, 0.3) is 11.0 Å². The molecule has 5 nitrogen and oxygen atoms in total. The van der Waals surface area contributed by atoms with Crippen molar-refractivity contribution in [3.8, 4) is 0 Å². The lowest BCUT2D eigenvalue weighted by atomic mass is 9.94. The molecule has 7 heteroatoms. The molecule has 0 atom stereocenters. The van der Waals surface area contributed by atoms with Crippen molar-refractivity contribution in [2.24, 2.45) is 0 Å². The molecule has 23 heavy (non-hydrogen) atoms. The predicted molar refractivity (Wildman–Crippen MR) is 92.2 cm³/mol. The maximum atomic E-state index is 12.2. The third kappa shape index (κ3) is 3.34. The summed E-state index contributed by atoms with van der Waals surface area (Å²) in [4.78, 5) is 8.89. The minimum absolute atomic E-state index is 0.274. The summed E-state index contributed by atoms with van der Waals surface area (Å²) in [6, 6.07) is 5.82. The van der Waals surface area contributed by atoms with Crippen LogP contribution in [0.2, 0.25) is 5.02 Å². The highest BCUT2D eigenvalue weighted by Crippen LogP contribution is 2.30. The summed E-state index contributed by atoms with van der Waals surface area (Å²) in [6.45, 7) is 4.56. The van der Waals surface area contributed by atoms with Crippen LogP contribution < -0.4 is 0 Å². The number of fused-ring (bicyclic) bond motifs is 1. The van der Waals surface area contributed by atoms with Gasteiger partial charge in [-0.25, -0.2) is 22.7 Å². The molecule has 2 aromatic heterocycles. The third-order valence-corrected chi connectivity index (χ3v) is 6.84. The maximum absolute atomic E-state index is 12.2. The van der Waals surface area contributed by atoms with Crippen LogP contribution in [0.3, 0.4) is 0 Å². The van der Waals surface area contributed by atoms with Gasteiger partial charge < -0.3 is 0 Å². The van der Waals surface area contributed by atoms with Gasteiger partial charge >= 0.3 is 0 Å². The molecule has 1 saturated heterocycles. The lowest BCUT2D eigenvalue weighted by Crippen LogP contribution is -2.41. The van der Waals surface area contributed by atoms with Crippen LogP contribution in [-0.4, -0.2) is 41.0 Å². The average molecular weight is 354 g/mol. The van der Waals surface area contributed by atoms with E-state index < -0.39 is 10.0 Å². The van der Waals surface area contributed by atoms with Crippen molar-refractivity contribution in [1.29, 1.82) is 0 Å². The van der Waals surface area contributed by atoms with E-state index in [9.17, 15) is 8.42 Å². The van der Waals surface area contributed by atoms with Crippen LogP contribution in [0, 0.1) is 0 Å². The SMILES string of the molecule is CC(C)S(=O)(=O)N1CCC(c2ccc3cc(Cl)cnc3n2)CC1. The molecular weight excluding hydrogens is 334 g/mol. The summed E-state index contributed by atoms with van der Waals surface area (Å²) < 4.78 is 26.1. The monoisotopic (exact) mass is 353 g/mol. The zero-order valence-electron chi connectivity index (χ0n) is 13.2. The van der Waals surface area contributed by atoms with Gasteiger partial charge in [0.05, 0.1) is 10.3 Å². The molecule has 1 aliphatic heterocycles. The molecule has 0 spiro atoms. The minimum Gasteiger partial charge on any atom is -0.235 e. The Morgan fingerprint density at radius 3 is 2.61 bits per heavy atom. The molecule has 0 N–H and O–H groups in total. The lowest BCUT2D eigenvalue weighted by molar-refractivity contribution is 0.314. The van der Waals surface area contributed by atoms with Crippen LogP contribution in [0.1, 0.15) is 38.3 Å². The summed E-state index contributed by atoms with van der Waals surface area (Å²) >= 11 is 5.94. The Labute approximate surface area is 141 Å². The minimum atomic E-state index is -3.16. The summed E-state index contributed by atoms with van der Waals surface area (Å²) in [7, 11) is -3.16. The normalized spacial score (nSPS) is 17.9. The number of aromatic nitrogens is 2. The second-order valence-electron chi connectivity index (χ2n) is 6.20. The highest BCUT2D eigenvalue weighted by molar-refractivity contribution is 7.89. The van der Waals surface area contributed by atoms with E-state index in [0.717, 1.165) is 23.9 Å². The van der Waals surface area contributed by atoms with Crippen molar-refractivity contribution in [2.75, 3.05) is 13.1 Å². The Balaban J connectivity index is 1.76. The van der Waals surface area contributed by atoms with Gasteiger partial charge in [-0.15, -0.1) is 0 Å². The van der Waals surface area contributed by atoms with Gasteiger partial charge in [-0.2, -0.15) is 0 Å². The van der Waals surface area contributed by atoms with E-state index in [-0.39, 0.29) is 11.2 Å². The molecule has 0 aromatic carbocycles. The Morgan fingerprint density at radius 1 is 1.26 bits per heavy atom. The van der Waals surface area contributed by atoms with Gasteiger partial charge in [0.25, 0.3) is 0 Å². The van der Waals surface area contributed by atoms with E-state index >= 15 is 0 Å². The third-order valence-electron chi connectivity index (χ3n) is 4.36. The van der Waals surface area contributed by atoms with Crippen molar-refractivity contribution >= 4 is 32.7 Å². The summed E-state index contributed by atoms with van der Waals surface area (Å²) in [5.41, 5.74) is 1.66. The standard InChI is InChI=1S/C16H20ClN3O2S/c1-11(2)23(21,22)20-7-5-12(6-8-20)15-4-3-13-9-14(17)10-18-16(13)19-15/h3-4,9-12H,5-8H2,1-2H3. The number of hydrogen-bond donors (Lipinski definition) is 0. The van der Waals surface area contributed by atoms with Crippen molar-refractivity contribution in [2.45, 2.75) is 37.9 Å². The molecule has 0 amide bonds. The molecule has 1 aliphatic rings. The average Bonchev–Trinajstić information content (AvgIpc) is 2.54. The fraction of sp³-hybridized carbons (Fsp3) is 0.500. The Hall–Kier alpha value is -1.24. The molecule has 1 fully saturated rings. The summed E-state index contributed by atoms with van der Waals surface area (Å²) in [5.74, 6) is 0.274. The van der Waals surface area contributed by atoms with Crippen LogP contribution >= 0.6 is 11.6 Å². The van der Waals surface area contributed by atoms with Gasteiger partial charge in [0.15, 0.2) is 5.65 Å². The molecule has 0 radical (unpaired) electrons. The lowest BCUT2D eigenvalue weighted by Gasteiger charge is -2.32. The molecule has 0 unspecified atom stereocenters. The molecule has 0 saturated carbocycles. The Kier molecular flexibility index (Phi) is 4.58. The first-order chi connectivity index (χ1) is 10.9. The van der Waals surface area contributed by atoms with E-state index in [1.165, 1.54) is 0 Å². The maximum Gasteiger partial charge on any atom is 0.216 e. The molecule has 3 heterocycles. The number of pyridine rings is 2. The first-order valence-corrected chi connectivity index (χ1v) is 9.67. The smallest absolute Gasteiger partial charge is 0.216 e. The largest absolute Gasteiger partial charge is 0.235 e. The van der Waals surface area contributed by atoms with Crippen molar-refractivity contribution in [3.63, 3.8) is 0 Å². The number of nitrogens with zero attached hydrogens (tertiary/aromatic N) is 3. The topological polar surface area (TPSA) is 63.2 Å². The Morgan fingerprint density at radius 2 is 1.96 bits per heavy atom. The van der Waals surface area contributed by atoms with Gasteiger partial charge in [0.1, 0.15) is 0 Å². The predicted octanol–water partition coefficient (Wildman–Crippen LogP) is 3.20. The highest BCUT2D eigenvalue weighted by atomic mass is 35.5. The van der Waals surface area contributed by atoms with Gasteiger partial charge in [0.2, 0.25) is 10.0 Å². The number of piperidine rings is 1. The van der Waals surface area contributed by atoms with Gasteiger partial charge in [-0.3, -0.25) is 0 Å². The fourth-order valence-electron chi connectivity index (χ4n) is 2.93. The van der Waals surface area contributed by atoms with E-state index in [0.29, 0.717) is 23.8 Å². The van der Waals surface area contributed by atoms with Crippen LogP contribution in [0.4, 0.5) is 0 Å². The molecular formula is C16H20ClN3O2S. The van der Waals surface area contributed by atoms with Gasteiger partial charge in [0, 0.05) is 36.3 Å². The summed E-state index contributed by atoms with van der Waals surface area (Å²) in [6.07, 6.45) is 3.18. The quantitative estimate of drug-likeness (QED) is 0.850. The Bertz CT molecular complexity index is 815. The van der Waals surface area contributed by atoms with Gasteiger partial charge in [-0.05, 0) is 44.9 Å². The van der Waals surface area contributed by atoms with Crippen LogP contribution in [0.15, 0.2) is 24.4 Å². The van der Waals surface area contributed by atoms with Crippen LogP contribution in [-0.2, 0) is 10.0 Å². The molecule has 0 bridgehead atoms. The molecule has 124 valence electrons. The van der Waals surface area contributed by atoms with Gasteiger partial charge in [-0.1, -0.05) is 11.6 Å². The van der Waals surface area contributed by atoms with E-state index in [1.54, 1.807) is 24.3 Å². The summed E-state index contributed by atoms with van der Waals surface area (Å²) in [5, 5.41) is 1.15. The highest BCUT2D eigenvalue weighted by Gasteiger charge is 2.31. The second kappa shape index (κ2) is 6.34. The van der Waals surface area contributed by atoms with E-state index in [1.807, 2.05) is 18.2 Å². The van der Waals surface area contributed by atoms with Crippen LogP contribution in [0.5, 0.6) is 0 Å². The molecule has 2 aromatic rings. The number of sulfonamides is 1. The first kappa shape index (κ1) is 16.6. The van der Waals surface area contributed by atoms with E-state index in [4.69, 9.17) is 11.6 Å². The zero-order valence-corrected chi connectivity index (χ0v) is 14.8. The second-order valence-corrected chi connectivity index (χ2v) is 9.13. The first-order valence-electron chi connectivity index (χ1n) is 7.79.